The van der Waals surface area contributed by atoms with Gasteiger partial charge in [0.1, 0.15) is 6.10 Å². The summed E-state index contributed by atoms with van der Waals surface area (Å²) in [4.78, 5) is 1.08. The number of halogens is 1. The van der Waals surface area contributed by atoms with Gasteiger partial charge in [-0.1, -0.05) is 24.9 Å². The molecule has 3 nitrogen and oxygen atoms in total. The standard InChI is InChI=1S/C12H20ClNO2S/c1-2-3-6-15-7-8-16-10(9-14)11-4-5-12(13)17-11/h4-5,10H,2-3,6-9,14H2,1H3. The van der Waals surface area contributed by atoms with E-state index in [-0.39, 0.29) is 6.10 Å². The fraction of sp³-hybridized carbons (Fsp3) is 0.667. The van der Waals surface area contributed by atoms with Crippen LogP contribution in [0.4, 0.5) is 0 Å². The normalized spacial score (nSPS) is 12.9. The van der Waals surface area contributed by atoms with Crippen LogP contribution in [0.3, 0.4) is 0 Å². The highest BCUT2D eigenvalue weighted by Crippen LogP contribution is 2.28. The molecule has 1 unspecified atom stereocenters. The molecule has 0 aromatic carbocycles. The van der Waals surface area contributed by atoms with Crippen LogP contribution in [0.15, 0.2) is 12.1 Å². The predicted molar refractivity (Wildman–Crippen MR) is 72.8 cm³/mol. The van der Waals surface area contributed by atoms with Crippen molar-refractivity contribution in [1.29, 1.82) is 0 Å². The minimum atomic E-state index is -0.0673. The summed E-state index contributed by atoms with van der Waals surface area (Å²) in [5, 5.41) is 0. The zero-order valence-corrected chi connectivity index (χ0v) is 11.7. The Bertz CT molecular complexity index is 306. The predicted octanol–water partition coefficient (Wildman–Crippen LogP) is 3.23. The molecule has 1 atom stereocenters. The second-order valence-corrected chi connectivity index (χ2v) is 5.45. The van der Waals surface area contributed by atoms with Crippen LogP contribution in [0, 0.1) is 0 Å². The van der Waals surface area contributed by atoms with E-state index in [0.29, 0.717) is 19.8 Å². The molecule has 0 amide bonds. The number of hydrogen-bond donors (Lipinski definition) is 1. The lowest BCUT2D eigenvalue weighted by Gasteiger charge is -2.14. The highest BCUT2D eigenvalue weighted by molar-refractivity contribution is 7.16. The summed E-state index contributed by atoms with van der Waals surface area (Å²) in [7, 11) is 0. The molecule has 1 rings (SSSR count). The van der Waals surface area contributed by atoms with Gasteiger partial charge in [0.15, 0.2) is 0 Å². The Morgan fingerprint density at radius 3 is 2.76 bits per heavy atom. The Hall–Kier alpha value is -0.130. The van der Waals surface area contributed by atoms with Crippen molar-refractivity contribution in [1.82, 2.24) is 0 Å². The Morgan fingerprint density at radius 2 is 2.18 bits per heavy atom. The molecule has 0 saturated heterocycles. The molecule has 0 aliphatic rings. The van der Waals surface area contributed by atoms with E-state index in [1.165, 1.54) is 11.3 Å². The number of rotatable bonds is 9. The Labute approximate surface area is 112 Å². The second-order valence-electron chi connectivity index (χ2n) is 3.70. The van der Waals surface area contributed by atoms with Gasteiger partial charge in [0, 0.05) is 18.0 Å². The lowest BCUT2D eigenvalue weighted by Crippen LogP contribution is -2.17. The lowest BCUT2D eigenvalue weighted by molar-refractivity contribution is 0.00835. The van der Waals surface area contributed by atoms with Crippen LogP contribution in [0.25, 0.3) is 0 Å². The maximum Gasteiger partial charge on any atom is 0.104 e. The molecule has 17 heavy (non-hydrogen) atoms. The van der Waals surface area contributed by atoms with Crippen molar-refractivity contribution in [2.45, 2.75) is 25.9 Å². The van der Waals surface area contributed by atoms with Crippen LogP contribution in [0.2, 0.25) is 4.34 Å². The minimum absolute atomic E-state index is 0.0673. The molecule has 0 radical (unpaired) electrons. The van der Waals surface area contributed by atoms with Crippen LogP contribution < -0.4 is 5.73 Å². The maximum absolute atomic E-state index is 5.88. The van der Waals surface area contributed by atoms with Gasteiger partial charge in [-0.15, -0.1) is 11.3 Å². The summed E-state index contributed by atoms with van der Waals surface area (Å²) in [6.45, 7) is 4.60. The van der Waals surface area contributed by atoms with Gasteiger partial charge in [0.2, 0.25) is 0 Å². The zero-order valence-electron chi connectivity index (χ0n) is 10.2. The van der Waals surface area contributed by atoms with Crippen molar-refractivity contribution >= 4 is 22.9 Å². The third-order valence-electron chi connectivity index (χ3n) is 2.31. The van der Waals surface area contributed by atoms with Crippen LogP contribution in [-0.4, -0.2) is 26.4 Å². The van der Waals surface area contributed by atoms with Gasteiger partial charge in [-0.2, -0.15) is 0 Å². The molecule has 0 fully saturated rings. The summed E-state index contributed by atoms with van der Waals surface area (Å²) < 4.78 is 11.9. The van der Waals surface area contributed by atoms with Gasteiger partial charge in [-0.05, 0) is 18.6 Å². The fourth-order valence-corrected chi connectivity index (χ4v) is 2.49. The fourth-order valence-electron chi connectivity index (χ4n) is 1.37. The van der Waals surface area contributed by atoms with Gasteiger partial charge in [0.25, 0.3) is 0 Å². The largest absolute Gasteiger partial charge is 0.379 e. The van der Waals surface area contributed by atoms with Crippen molar-refractivity contribution < 1.29 is 9.47 Å². The first-order valence-electron chi connectivity index (χ1n) is 5.92. The van der Waals surface area contributed by atoms with Gasteiger partial charge in [-0.3, -0.25) is 0 Å². The van der Waals surface area contributed by atoms with Crippen molar-refractivity contribution in [2.75, 3.05) is 26.4 Å². The van der Waals surface area contributed by atoms with Crippen molar-refractivity contribution in [3.8, 4) is 0 Å². The molecule has 0 aliphatic carbocycles. The number of nitrogens with two attached hydrogens (primary N) is 1. The quantitative estimate of drug-likeness (QED) is 0.705. The maximum atomic E-state index is 5.88. The number of thiophene rings is 1. The molecule has 0 aliphatic heterocycles. The molecule has 0 saturated carbocycles. The average Bonchev–Trinajstić information content (AvgIpc) is 2.75. The molecular weight excluding hydrogens is 258 g/mol. The zero-order chi connectivity index (χ0) is 12.5. The third-order valence-corrected chi connectivity index (χ3v) is 3.64. The summed E-state index contributed by atoms with van der Waals surface area (Å²) in [6.07, 6.45) is 2.18. The van der Waals surface area contributed by atoms with E-state index in [2.05, 4.69) is 6.92 Å². The van der Waals surface area contributed by atoms with Crippen molar-refractivity contribution in [2.24, 2.45) is 5.73 Å². The first-order valence-corrected chi connectivity index (χ1v) is 7.12. The van der Waals surface area contributed by atoms with Crippen LogP contribution in [0.1, 0.15) is 30.7 Å². The van der Waals surface area contributed by atoms with E-state index >= 15 is 0 Å². The second kappa shape index (κ2) is 8.89. The first kappa shape index (κ1) is 14.9. The SMILES string of the molecule is CCCCOCCOC(CN)c1ccc(Cl)s1. The Morgan fingerprint density at radius 1 is 1.35 bits per heavy atom. The average molecular weight is 278 g/mol. The van der Waals surface area contributed by atoms with Gasteiger partial charge in [-0.25, -0.2) is 0 Å². The highest BCUT2D eigenvalue weighted by Gasteiger charge is 2.12. The van der Waals surface area contributed by atoms with E-state index in [9.17, 15) is 0 Å². The lowest BCUT2D eigenvalue weighted by atomic mass is 10.3. The van der Waals surface area contributed by atoms with E-state index in [4.69, 9.17) is 26.8 Å². The van der Waals surface area contributed by atoms with Crippen LogP contribution in [-0.2, 0) is 9.47 Å². The molecule has 1 aromatic heterocycles. The Kier molecular flexibility index (Phi) is 7.81. The number of unbranched alkanes of at least 4 members (excludes halogenated alkanes) is 1. The van der Waals surface area contributed by atoms with Crippen LogP contribution >= 0.6 is 22.9 Å². The van der Waals surface area contributed by atoms with Crippen molar-refractivity contribution in [3.63, 3.8) is 0 Å². The summed E-state index contributed by atoms with van der Waals surface area (Å²) in [5.41, 5.74) is 5.67. The highest BCUT2D eigenvalue weighted by atomic mass is 35.5. The van der Waals surface area contributed by atoms with E-state index < -0.39 is 0 Å². The van der Waals surface area contributed by atoms with Gasteiger partial charge >= 0.3 is 0 Å². The number of hydrogen-bond acceptors (Lipinski definition) is 4. The van der Waals surface area contributed by atoms with Crippen molar-refractivity contribution in [3.05, 3.63) is 21.3 Å². The Balaban J connectivity index is 2.19. The topological polar surface area (TPSA) is 44.5 Å². The van der Waals surface area contributed by atoms with E-state index in [1.807, 2.05) is 12.1 Å². The summed E-state index contributed by atoms with van der Waals surface area (Å²) >= 11 is 7.39. The summed E-state index contributed by atoms with van der Waals surface area (Å²) in [6, 6.07) is 3.83. The first-order chi connectivity index (χ1) is 8.27. The molecule has 2 N–H and O–H groups in total. The molecule has 1 heterocycles. The summed E-state index contributed by atoms with van der Waals surface area (Å²) in [5.74, 6) is 0. The minimum Gasteiger partial charge on any atom is -0.379 e. The third kappa shape index (κ3) is 5.84. The number of ether oxygens (including phenoxy) is 2. The van der Waals surface area contributed by atoms with E-state index in [0.717, 1.165) is 28.7 Å². The van der Waals surface area contributed by atoms with Gasteiger partial charge < -0.3 is 15.2 Å². The van der Waals surface area contributed by atoms with Gasteiger partial charge in [0.05, 0.1) is 17.6 Å². The molecule has 5 heteroatoms. The smallest absolute Gasteiger partial charge is 0.104 e. The monoisotopic (exact) mass is 277 g/mol. The molecule has 1 aromatic rings. The molecule has 0 spiro atoms. The molecular formula is C12H20ClNO2S. The van der Waals surface area contributed by atoms with Crippen LogP contribution in [0.5, 0.6) is 0 Å². The van der Waals surface area contributed by atoms with E-state index in [1.54, 1.807) is 0 Å². The molecule has 0 bridgehead atoms. The molecule has 98 valence electrons.